The van der Waals surface area contributed by atoms with Gasteiger partial charge < -0.3 is 10.0 Å². The number of anilines is 1. The normalized spacial score (nSPS) is 15.8. The minimum absolute atomic E-state index is 0.274. The van der Waals surface area contributed by atoms with E-state index in [1.807, 2.05) is 4.90 Å². The standard InChI is InChI=1S/C12H14N2O2/c1-9-4-7-14(8-5-9)11-10(12(15)16)3-2-6-13-11/h2-4,6H,5,7-8H2,1H3,(H,15,16). The van der Waals surface area contributed by atoms with E-state index in [2.05, 4.69) is 18.0 Å². The SMILES string of the molecule is CC1=CCN(c2ncccc2C(=O)O)CC1. The Labute approximate surface area is 94.2 Å². The highest BCUT2D eigenvalue weighted by Crippen LogP contribution is 2.21. The molecule has 0 saturated carbocycles. The van der Waals surface area contributed by atoms with E-state index in [0.29, 0.717) is 5.82 Å². The largest absolute Gasteiger partial charge is 0.478 e. The van der Waals surface area contributed by atoms with Gasteiger partial charge in [-0.15, -0.1) is 0 Å². The Balaban J connectivity index is 2.30. The topological polar surface area (TPSA) is 53.4 Å². The van der Waals surface area contributed by atoms with Crippen LogP contribution in [-0.2, 0) is 0 Å². The van der Waals surface area contributed by atoms with Gasteiger partial charge in [-0.3, -0.25) is 0 Å². The molecule has 2 rings (SSSR count). The zero-order valence-corrected chi connectivity index (χ0v) is 9.18. The van der Waals surface area contributed by atoms with E-state index in [-0.39, 0.29) is 5.56 Å². The van der Waals surface area contributed by atoms with E-state index < -0.39 is 5.97 Å². The molecule has 0 bridgehead atoms. The van der Waals surface area contributed by atoms with Crippen molar-refractivity contribution in [1.29, 1.82) is 0 Å². The molecule has 0 aliphatic carbocycles. The molecule has 1 aromatic heterocycles. The van der Waals surface area contributed by atoms with Gasteiger partial charge in [-0.1, -0.05) is 11.6 Å². The van der Waals surface area contributed by atoms with Crippen LogP contribution in [0.5, 0.6) is 0 Å². The molecule has 1 aromatic rings. The van der Waals surface area contributed by atoms with Gasteiger partial charge in [0.2, 0.25) is 0 Å². The van der Waals surface area contributed by atoms with Crippen molar-refractivity contribution in [3.05, 3.63) is 35.5 Å². The van der Waals surface area contributed by atoms with Gasteiger partial charge in [0.25, 0.3) is 0 Å². The van der Waals surface area contributed by atoms with Crippen LogP contribution in [0.4, 0.5) is 5.82 Å². The molecule has 0 aromatic carbocycles. The fourth-order valence-corrected chi connectivity index (χ4v) is 1.78. The highest BCUT2D eigenvalue weighted by Gasteiger charge is 2.18. The predicted octanol–water partition coefficient (Wildman–Crippen LogP) is 1.94. The number of nitrogens with zero attached hydrogens (tertiary/aromatic N) is 2. The van der Waals surface area contributed by atoms with Gasteiger partial charge in [-0.05, 0) is 25.5 Å². The van der Waals surface area contributed by atoms with E-state index in [0.717, 1.165) is 19.5 Å². The summed E-state index contributed by atoms with van der Waals surface area (Å²) in [7, 11) is 0. The second-order valence-electron chi connectivity index (χ2n) is 3.93. The fraction of sp³-hybridized carbons (Fsp3) is 0.333. The maximum atomic E-state index is 11.0. The number of hydrogen-bond acceptors (Lipinski definition) is 3. The fourth-order valence-electron chi connectivity index (χ4n) is 1.78. The number of carboxylic acids is 1. The minimum atomic E-state index is -0.922. The van der Waals surface area contributed by atoms with E-state index in [9.17, 15) is 4.79 Å². The van der Waals surface area contributed by atoms with Gasteiger partial charge in [-0.2, -0.15) is 0 Å². The van der Waals surface area contributed by atoms with Crippen molar-refractivity contribution in [2.45, 2.75) is 13.3 Å². The Hall–Kier alpha value is -1.84. The number of hydrogen-bond donors (Lipinski definition) is 1. The van der Waals surface area contributed by atoms with Crippen LogP contribution in [-0.4, -0.2) is 29.1 Å². The first kappa shape index (κ1) is 10.7. The van der Waals surface area contributed by atoms with Crippen molar-refractivity contribution < 1.29 is 9.90 Å². The van der Waals surface area contributed by atoms with Crippen molar-refractivity contribution >= 4 is 11.8 Å². The summed E-state index contributed by atoms with van der Waals surface area (Å²) in [5, 5.41) is 9.07. The quantitative estimate of drug-likeness (QED) is 0.771. The predicted molar refractivity (Wildman–Crippen MR) is 61.8 cm³/mol. The molecule has 0 unspecified atom stereocenters. The molecule has 4 nitrogen and oxygen atoms in total. The lowest BCUT2D eigenvalue weighted by atomic mass is 10.1. The van der Waals surface area contributed by atoms with Gasteiger partial charge in [0, 0.05) is 19.3 Å². The van der Waals surface area contributed by atoms with Crippen molar-refractivity contribution in [1.82, 2.24) is 4.98 Å². The molecule has 0 fully saturated rings. The zero-order chi connectivity index (χ0) is 11.5. The number of aromatic carboxylic acids is 1. The average molecular weight is 218 g/mol. The molecule has 0 amide bonds. The Morgan fingerprint density at radius 2 is 2.38 bits per heavy atom. The number of aromatic nitrogens is 1. The number of carbonyl (C=O) groups is 1. The minimum Gasteiger partial charge on any atom is -0.478 e. The van der Waals surface area contributed by atoms with Gasteiger partial charge >= 0.3 is 5.97 Å². The molecular weight excluding hydrogens is 204 g/mol. The summed E-state index contributed by atoms with van der Waals surface area (Å²) in [5.74, 6) is -0.354. The smallest absolute Gasteiger partial charge is 0.339 e. The first-order valence-electron chi connectivity index (χ1n) is 5.27. The van der Waals surface area contributed by atoms with Crippen LogP contribution < -0.4 is 4.90 Å². The maximum Gasteiger partial charge on any atom is 0.339 e. The maximum absolute atomic E-state index is 11.0. The third-order valence-electron chi connectivity index (χ3n) is 2.75. The van der Waals surface area contributed by atoms with Gasteiger partial charge in [0.05, 0.1) is 0 Å². The van der Waals surface area contributed by atoms with Crippen LogP contribution in [0.25, 0.3) is 0 Å². The first-order valence-corrected chi connectivity index (χ1v) is 5.27. The van der Waals surface area contributed by atoms with Crippen LogP contribution in [0.2, 0.25) is 0 Å². The Morgan fingerprint density at radius 3 is 3.00 bits per heavy atom. The number of carboxylic acid groups (broad SMARTS) is 1. The van der Waals surface area contributed by atoms with Crippen molar-refractivity contribution in [3.63, 3.8) is 0 Å². The first-order chi connectivity index (χ1) is 7.68. The van der Waals surface area contributed by atoms with E-state index in [4.69, 9.17) is 5.11 Å². The summed E-state index contributed by atoms with van der Waals surface area (Å²) < 4.78 is 0. The van der Waals surface area contributed by atoms with Gasteiger partial charge in [0.1, 0.15) is 11.4 Å². The lowest BCUT2D eigenvalue weighted by Crippen LogP contribution is -2.30. The molecule has 0 atom stereocenters. The van der Waals surface area contributed by atoms with Crippen LogP contribution >= 0.6 is 0 Å². The van der Waals surface area contributed by atoms with E-state index in [1.165, 1.54) is 5.57 Å². The van der Waals surface area contributed by atoms with E-state index in [1.54, 1.807) is 18.3 Å². The third kappa shape index (κ3) is 2.05. The molecule has 1 aliphatic rings. The van der Waals surface area contributed by atoms with Crippen molar-refractivity contribution in [2.24, 2.45) is 0 Å². The van der Waals surface area contributed by atoms with Crippen LogP contribution in [0, 0.1) is 0 Å². The van der Waals surface area contributed by atoms with E-state index >= 15 is 0 Å². The van der Waals surface area contributed by atoms with Crippen molar-refractivity contribution in [3.8, 4) is 0 Å². The average Bonchev–Trinajstić information content (AvgIpc) is 2.30. The zero-order valence-electron chi connectivity index (χ0n) is 9.18. The molecule has 1 N–H and O–H groups in total. The summed E-state index contributed by atoms with van der Waals surface area (Å²) in [6.45, 7) is 3.66. The Morgan fingerprint density at radius 1 is 1.56 bits per heavy atom. The molecule has 0 radical (unpaired) electrons. The highest BCUT2D eigenvalue weighted by molar-refractivity contribution is 5.93. The Kier molecular flexibility index (Phi) is 2.90. The molecule has 84 valence electrons. The summed E-state index contributed by atoms with van der Waals surface area (Å²) in [6.07, 6.45) is 4.71. The van der Waals surface area contributed by atoms with Gasteiger partial charge in [-0.25, -0.2) is 9.78 Å². The molecule has 1 aliphatic heterocycles. The highest BCUT2D eigenvalue weighted by atomic mass is 16.4. The molecule has 0 spiro atoms. The lowest BCUT2D eigenvalue weighted by molar-refractivity contribution is 0.0697. The number of rotatable bonds is 2. The second-order valence-corrected chi connectivity index (χ2v) is 3.93. The van der Waals surface area contributed by atoms with Crippen LogP contribution in [0.3, 0.4) is 0 Å². The molecule has 0 saturated heterocycles. The second kappa shape index (κ2) is 4.35. The van der Waals surface area contributed by atoms with Crippen LogP contribution in [0.1, 0.15) is 23.7 Å². The van der Waals surface area contributed by atoms with Crippen molar-refractivity contribution in [2.75, 3.05) is 18.0 Å². The summed E-state index contributed by atoms with van der Waals surface area (Å²) in [6, 6.07) is 3.24. The molecular formula is C12H14N2O2. The van der Waals surface area contributed by atoms with Gasteiger partial charge in [0.15, 0.2) is 0 Å². The molecule has 16 heavy (non-hydrogen) atoms. The molecule has 4 heteroatoms. The monoisotopic (exact) mass is 218 g/mol. The summed E-state index contributed by atoms with van der Waals surface area (Å²) in [5.41, 5.74) is 1.62. The summed E-state index contributed by atoms with van der Waals surface area (Å²) in [4.78, 5) is 17.2. The lowest BCUT2D eigenvalue weighted by Gasteiger charge is -2.27. The van der Waals surface area contributed by atoms with Crippen LogP contribution in [0.15, 0.2) is 30.0 Å². The summed E-state index contributed by atoms with van der Waals surface area (Å²) >= 11 is 0. The number of pyridine rings is 1. The third-order valence-corrected chi connectivity index (χ3v) is 2.75. The molecule has 2 heterocycles. The Bertz CT molecular complexity index is 440.